The molecule has 0 radical (unpaired) electrons. The third-order valence-electron chi connectivity index (χ3n) is 6.33. The highest BCUT2D eigenvalue weighted by Crippen LogP contribution is 2.42. The molecule has 0 aliphatic carbocycles. The van der Waals surface area contributed by atoms with Gasteiger partial charge in [0.15, 0.2) is 0 Å². The van der Waals surface area contributed by atoms with Crippen molar-refractivity contribution in [3.63, 3.8) is 0 Å². The van der Waals surface area contributed by atoms with Crippen LogP contribution in [-0.2, 0) is 25.5 Å². The van der Waals surface area contributed by atoms with Gasteiger partial charge in [0.1, 0.15) is 11.5 Å². The molecule has 2 heterocycles. The molecule has 1 N–H and O–H groups in total. The fraction of sp³-hybridized carbons (Fsp3) is 0.290. The van der Waals surface area contributed by atoms with E-state index in [0.717, 1.165) is 5.56 Å². The standard InChI is InChI=1S/C31H32N2O6/c1-5-38-26(34)16-21-8-11-24(12-9-21)33-28(23-7-6-14-32-17-23)27(30(36)31(33)37)29(35)22-10-13-25(20(4)15-22)39-18-19(2)3/h6-15,17,19,28,35H,5,16,18H2,1-4H3/b29-27-. The average Bonchev–Trinajstić information content (AvgIpc) is 3.18. The number of anilines is 1. The first-order chi connectivity index (χ1) is 18.7. The number of ether oxygens (including phenoxy) is 2. The van der Waals surface area contributed by atoms with E-state index in [1.807, 2.05) is 6.92 Å². The number of aromatic nitrogens is 1. The number of hydrogen-bond acceptors (Lipinski definition) is 7. The van der Waals surface area contributed by atoms with Crippen molar-refractivity contribution in [2.75, 3.05) is 18.1 Å². The Bertz CT molecular complexity index is 1400. The first-order valence-corrected chi connectivity index (χ1v) is 12.9. The largest absolute Gasteiger partial charge is 0.507 e. The molecule has 3 aromatic rings. The van der Waals surface area contributed by atoms with E-state index in [4.69, 9.17) is 9.47 Å². The summed E-state index contributed by atoms with van der Waals surface area (Å²) in [5, 5.41) is 11.4. The number of Topliss-reactive ketones (excluding diaryl/α,β-unsaturated/α-hetero) is 1. The van der Waals surface area contributed by atoms with Gasteiger partial charge in [0, 0.05) is 23.6 Å². The average molecular weight is 529 g/mol. The van der Waals surface area contributed by atoms with Gasteiger partial charge in [-0.25, -0.2) is 0 Å². The van der Waals surface area contributed by atoms with E-state index in [1.165, 1.54) is 4.90 Å². The summed E-state index contributed by atoms with van der Waals surface area (Å²) < 4.78 is 10.9. The van der Waals surface area contributed by atoms with Crippen LogP contribution in [0.15, 0.2) is 72.6 Å². The number of ketones is 1. The quantitative estimate of drug-likeness (QED) is 0.177. The minimum atomic E-state index is -0.896. The highest BCUT2D eigenvalue weighted by Gasteiger charge is 2.47. The van der Waals surface area contributed by atoms with Gasteiger partial charge >= 0.3 is 5.97 Å². The number of pyridine rings is 1. The molecule has 39 heavy (non-hydrogen) atoms. The van der Waals surface area contributed by atoms with E-state index in [9.17, 15) is 19.5 Å². The zero-order valence-corrected chi connectivity index (χ0v) is 22.5. The maximum Gasteiger partial charge on any atom is 0.310 e. The number of amides is 1. The predicted octanol–water partition coefficient (Wildman–Crippen LogP) is 5.16. The van der Waals surface area contributed by atoms with E-state index >= 15 is 0 Å². The molecule has 8 heteroatoms. The number of carbonyl (C=O) groups is 3. The van der Waals surface area contributed by atoms with Crippen molar-refractivity contribution in [2.45, 2.75) is 40.2 Å². The van der Waals surface area contributed by atoms with Crippen molar-refractivity contribution < 1.29 is 29.0 Å². The van der Waals surface area contributed by atoms with Crippen LogP contribution in [0.3, 0.4) is 0 Å². The van der Waals surface area contributed by atoms with Gasteiger partial charge in [-0.1, -0.05) is 32.0 Å². The third kappa shape index (κ3) is 6.00. The molecular formula is C31H32N2O6. The molecule has 4 rings (SSSR count). The lowest BCUT2D eigenvalue weighted by Crippen LogP contribution is -2.29. The molecule has 0 spiro atoms. The summed E-state index contributed by atoms with van der Waals surface area (Å²) in [6.07, 6.45) is 3.26. The molecule has 1 fully saturated rings. The summed E-state index contributed by atoms with van der Waals surface area (Å²) in [4.78, 5) is 44.2. The van der Waals surface area contributed by atoms with Gasteiger partial charge in [-0.05, 0) is 72.9 Å². The molecule has 0 saturated carbocycles. The molecule has 0 bridgehead atoms. The smallest absolute Gasteiger partial charge is 0.310 e. The van der Waals surface area contributed by atoms with Crippen molar-refractivity contribution >= 4 is 29.1 Å². The normalized spacial score (nSPS) is 16.5. The number of rotatable bonds is 9. The molecular weight excluding hydrogens is 496 g/mol. The molecule has 1 unspecified atom stereocenters. The van der Waals surface area contributed by atoms with Gasteiger partial charge < -0.3 is 14.6 Å². The van der Waals surface area contributed by atoms with Crippen LogP contribution >= 0.6 is 0 Å². The molecule has 1 aliphatic rings. The van der Waals surface area contributed by atoms with Crippen molar-refractivity contribution in [3.8, 4) is 5.75 Å². The van der Waals surface area contributed by atoms with Gasteiger partial charge in [0.05, 0.1) is 31.2 Å². The molecule has 1 atom stereocenters. The Morgan fingerprint density at radius 2 is 1.85 bits per heavy atom. The van der Waals surface area contributed by atoms with Crippen LogP contribution in [0.4, 0.5) is 5.69 Å². The maximum absolute atomic E-state index is 13.4. The first-order valence-electron chi connectivity index (χ1n) is 12.9. The number of aliphatic hydroxyl groups is 1. The number of hydrogen-bond donors (Lipinski definition) is 1. The van der Waals surface area contributed by atoms with Crippen molar-refractivity contribution in [2.24, 2.45) is 5.92 Å². The van der Waals surface area contributed by atoms with E-state index in [-0.39, 0.29) is 23.7 Å². The SMILES string of the molecule is CCOC(=O)Cc1ccc(N2C(=O)C(=O)/C(=C(\O)c3ccc(OCC(C)C)c(C)c3)C2c2cccnc2)cc1. The Kier molecular flexibility index (Phi) is 8.44. The van der Waals surface area contributed by atoms with Gasteiger partial charge in [0.2, 0.25) is 0 Å². The minimum Gasteiger partial charge on any atom is -0.507 e. The monoisotopic (exact) mass is 528 g/mol. The molecule has 202 valence electrons. The van der Waals surface area contributed by atoms with Crippen LogP contribution in [0.5, 0.6) is 5.75 Å². The second kappa shape index (κ2) is 11.9. The highest BCUT2D eigenvalue weighted by molar-refractivity contribution is 6.51. The van der Waals surface area contributed by atoms with E-state index in [2.05, 4.69) is 18.8 Å². The molecule has 1 amide bonds. The summed E-state index contributed by atoms with van der Waals surface area (Å²) in [6.45, 7) is 8.56. The second-order valence-electron chi connectivity index (χ2n) is 9.79. The van der Waals surface area contributed by atoms with Crippen molar-refractivity contribution in [3.05, 3.63) is 94.8 Å². The zero-order chi connectivity index (χ0) is 28.1. The number of carbonyl (C=O) groups excluding carboxylic acids is 3. The molecule has 8 nitrogen and oxygen atoms in total. The van der Waals surface area contributed by atoms with Crippen LogP contribution in [0, 0.1) is 12.8 Å². The van der Waals surface area contributed by atoms with Crippen molar-refractivity contribution in [1.29, 1.82) is 0 Å². The van der Waals surface area contributed by atoms with Crippen LogP contribution in [0.25, 0.3) is 5.76 Å². The Balaban J connectivity index is 1.75. The Labute approximate surface area is 227 Å². The summed E-state index contributed by atoms with van der Waals surface area (Å²) in [7, 11) is 0. The topological polar surface area (TPSA) is 106 Å². The summed E-state index contributed by atoms with van der Waals surface area (Å²) in [5.41, 5.74) is 2.90. The Morgan fingerprint density at radius 3 is 2.46 bits per heavy atom. The van der Waals surface area contributed by atoms with Crippen LogP contribution in [0.1, 0.15) is 49.1 Å². The number of benzene rings is 2. The van der Waals surface area contributed by atoms with Crippen LogP contribution in [-0.4, -0.2) is 41.0 Å². The lowest BCUT2D eigenvalue weighted by Gasteiger charge is -2.25. The van der Waals surface area contributed by atoms with E-state index in [1.54, 1.807) is 73.9 Å². The number of aliphatic hydroxyl groups excluding tert-OH is 1. The molecule has 1 aromatic heterocycles. The maximum atomic E-state index is 13.4. The number of nitrogens with zero attached hydrogens (tertiary/aromatic N) is 2. The fourth-order valence-corrected chi connectivity index (χ4v) is 4.48. The third-order valence-corrected chi connectivity index (χ3v) is 6.33. The highest BCUT2D eigenvalue weighted by atomic mass is 16.5. The lowest BCUT2D eigenvalue weighted by molar-refractivity contribution is -0.142. The first kappa shape index (κ1) is 27.6. The fourth-order valence-electron chi connectivity index (χ4n) is 4.48. The zero-order valence-electron chi connectivity index (χ0n) is 22.5. The second-order valence-corrected chi connectivity index (χ2v) is 9.79. The number of aryl methyl sites for hydroxylation is 1. The van der Waals surface area contributed by atoms with Gasteiger partial charge in [-0.3, -0.25) is 24.3 Å². The number of esters is 1. The molecule has 2 aromatic carbocycles. The van der Waals surface area contributed by atoms with E-state index in [0.29, 0.717) is 47.3 Å². The summed E-state index contributed by atoms with van der Waals surface area (Å²) in [5.74, 6) is -1.15. The summed E-state index contributed by atoms with van der Waals surface area (Å²) >= 11 is 0. The summed E-state index contributed by atoms with van der Waals surface area (Å²) in [6, 6.07) is 14.5. The van der Waals surface area contributed by atoms with Gasteiger partial charge in [-0.2, -0.15) is 0 Å². The van der Waals surface area contributed by atoms with Crippen LogP contribution in [0.2, 0.25) is 0 Å². The molecule has 1 saturated heterocycles. The van der Waals surface area contributed by atoms with Gasteiger partial charge in [-0.15, -0.1) is 0 Å². The van der Waals surface area contributed by atoms with Gasteiger partial charge in [0.25, 0.3) is 11.7 Å². The van der Waals surface area contributed by atoms with Crippen LogP contribution < -0.4 is 9.64 Å². The van der Waals surface area contributed by atoms with Crippen molar-refractivity contribution in [1.82, 2.24) is 4.98 Å². The predicted molar refractivity (Wildman–Crippen MR) is 147 cm³/mol. The minimum absolute atomic E-state index is 0.0288. The lowest BCUT2D eigenvalue weighted by atomic mass is 9.95. The Hall–Kier alpha value is -4.46. The van der Waals surface area contributed by atoms with E-state index < -0.39 is 17.7 Å². The molecule has 1 aliphatic heterocycles. The Morgan fingerprint density at radius 1 is 1.10 bits per heavy atom.